The van der Waals surface area contributed by atoms with Crippen molar-refractivity contribution in [2.24, 2.45) is 5.10 Å². The van der Waals surface area contributed by atoms with Crippen LogP contribution in [0.1, 0.15) is 45.7 Å². The van der Waals surface area contributed by atoms with E-state index < -0.39 is 0 Å². The number of rotatable bonds is 9. The topological polar surface area (TPSA) is 102 Å². The number of aromatic hydroxyl groups is 1. The van der Waals surface area contributed by atoms with Gasteiger partial charge in [0.2, 0.25) is 0 Å². The molecule has 0 unspecified atom stereocenters. The number of phenols is 1. The lowest BCUT2D eigenvalue weighted by atomic mass is 9.87. The molecule has 0 saturated heterocycles. The first-order chi connectivity index (χ1) is 16.2. The quantitative estimate of drug-likeness (QED) is 0.263. The monoisotopic (exact) mass is 481 g/mol. The second kappa shape index (κ2) is 11.2. The van der Waals surface area contributed by atoms with Crippen LogP contribution in [-0.4, -0.2) is 44.4 Å². The van der Waals surface area contributed by atoms with E-state index >= 15 is 0 Å². The minimum Gasteiger partial charge on any atom is -0.504 e. The fraction of sp³-hybridized carbons (Fsp3) is 0.360. The van der Waals surface area contributed by atoms with Gasteiger partial charge in [-0.25, -0.2) is 5.43 Å². The molecule has 0 aliphatic heterocycles. The van der Waals surface area contributed by atoms with Crippen molar-refractivity contribution in [3.63, 3.8) is 0 Å². The van der Waals surface area contributed by atoms with Crippen molar-refractivity contribution in [1.29, 1.82) is 0 Å². The van der Waals surface area contributed by atoms with Crippen molar-refractivity contribution in [3.05, 3.63) is 53.6 Å². The molecule has 0 aliphatic rings. The Balaban J connectivity index is 1.60. The van der Waals surface area contributed by atoms with Crippen molar-refractivity contribution < 1.29 is 14.6 Å². The van der Waals surface area contributed by atoms with Crippen LogP contribution in [0.15, 0.2) is 52.7 Å². The van der Waals surface area contributed by atoms with Gasteiger partial charge in [0.05, 0.1) is 18.6 Å². The highest BCUT2D eigenvalue weighted by atomic mass is 32.2. The first kappa shape index (κ1) is 25.3. The van der Waals surface area contributed by atoms with Crippen molar-refractivity contribution in [1.82, 2.24) is 20.2 Å². The average Bonchev–Trinajstić information content (AvgIpc) is 3.22. The minimum atomic E-state index is -0.258. The summed E-state index contributed by atoms with van der Waals surface area (Å²) in [6, 6.07) is 13.2. The highest BCUT2D eigenvalue weighted by Crippen LogP contribution is 2.28. The van der Waals surface area contributed by atoms with E-state index in [0.29, 0.717) is 29.6 Å². The van der Waals surface area contributed by atoms with E-state index in [1.807, 2.05) is 18.4 Å². The third kappa shape index (κ3) is 6.38. The van der Waals surface area contributed by atoms with E-state index in [1.54, 1.807) is 12.1 Å². The summed E-state index contributed by atoms with van der Waals surface area (Å²) < 4.78 is 7.35. The molecule has 0 aliphatic carbocycles. The number of thioether (sulfide) groups is 1. The SMILES string of the molecule is CCOc1cc(/C=N/NC(=O)CSc2nnc(-c3ccc(C(C)(C)C)cc3)n2CC)ccc1O. The van der Waals surface area contributed by atoms with Gasteiger partial charge in [0, 0.05) is 12.1 Å². The summed E-state index contributed by atoms with van der Waals surface area (Å²) in [5.74, 6) is 1.10. The summed E-state index contributed by atoms with van der Waals surface area (Å²) in [4.78, 5) is 12.3. The fourth-order valence-corrected chi connectivity index (χ4v) is 4.03. The normalized spacial score (nSPS) is 11.7. The summed E-state index contributed by atoms with van der Waals surface area (Å²) >= 11 is 1.31. The summed E-state index contributed by atoms with van der Waals surface area (Å²) in [5, 5.41) is 23.1. The molecule has 8 nitrogen and oxygen atoms in total. The Morgan fingerprint density at radius 2 is 1.91 bits per heavy atom. The standard InChI is InChI=1S/C25H31N5O3S/c1-6-30-23(18-9-11-19(12-10-18)25(3,4)5)28-29-24(30)34-16-22(32)27-26-15-17-8-13-20(31)21(14-17)33-7-2/h8-15,31H,6-7,16H2,1-5H3,(H,27,32)/b26-15+. The van der Waals surface area contributed by atoms with Crippen LogP contribution in [0, 0.1) is 0 Å². The second-order valence-electron chi connectivity index (χ2n) is 8.62. The van der Waals surface area contributed by atoms with Crippen LogP contribution in [0.25, 0.3) is 11.4 Å². The summed E-state index contributed by atoms with van der Waals surface area (Å²) in [5.41, 5.74) is 5.54. The zero-order valence-electron chi connectivity index (χ0n) is 20.2. The molecule has 9 heteroatoms. The summed E-state index contributed by atoms with van der Waals surface area (Å²) in [6.07, 6.45) is 1.50. The fourth-order valence-electron chi connectivity index (χ4n) is 3.24. The lowest BCUT2D eigenvalue weighted by molar-refractivity contribution is -0.118. The molecule has 0 fully saturated rings. The third-order valence-electron chi connectivity index (χ3n) is 5.06. The van der Waals surface area contributed by atoms with E-state index in [-0.39, 0.29) is 22.8 Å². The molecule has 0 spiro atoms. The van der Waals surface area contributed by atoms with E-state index in [0.717, 1.165) is 11.4 Å². The third-order valence-corrected chi connectivity index (χ3v) is 6.03. The number of hydrogen-bond acceptors (Lipinski definition) is 7. The maximum absolute atomic E-state index is 12.3. The van der Waals surface area contributed by atoms with Crippen molar-refractivity contribution >= 4 is 23.9 Å². The average molecular weight is 482 g/mol. The molecule has 0 bridgehead atoms. The molecular formula is C25H31N5O3S. The molecule has 3 aromatic rings. The summed E-state index contributed by atoms with van der Waals surface area (Å²) in [6.45, 7) is 11.5. The number of ether oxygens (including phenoxy) is 1. The molecule has 34 heavy (non-hydrogen) atoms. The van der Waals surface area contributed by atoms with E-state index in [2.05, 4.69) is 65.8 Å². The molecule has 2 N–H and O–H groups in total. The van der Waals surface area contributed by atoms with Crippen LogP contribution in [0.5, 0.6) is 11.5 Å². The van der Waals surface area contributed by atoms with Gasteiger partial charge in [-0.05, 0) is 48.6 Å². The van der Waals surface area contributed by atoms with Crippen LogP contribution in [0.4, 0.5) is 0 Å². The molecule has 0 radical (unpaired) electrons. The van der Waals surface area contributed by atoms with Crippen molar-refractivity contribution in [2.45, 2.75) is 51.7 Å². The number of benzene rings is 2. The van der Waals surface area contributed by atoms with E-state index in [9.17, 15) is 9.90 Å². The van der Waals surface area contributed by atoms with Gasteiger partial charge >= 0.3 is 0 Å². The van der Waals surface area contributed by atoms with Gasteiger partial charge < -0.3 is 14.4 Å². The first-order valence-corrected chi connectivity index (χ1v) is 12.2. The number of nitrogens with one attached hydrogen (secondary N) is 1. The lowest BCUT2D eigenvalue weighted by Crippen LogP contribution is -2.20. The van der Waals surface area contributed by atoms with Gasteiger partial charge in [0.25, 0.3) is 5.91 Å². The molecular weight excluding hydrogens is 450 g/mol. The predicted octanol–water partition coefficient (Wildman–Crippen LogP) is 4.61. The zero-order chi connectivity index (χ0) is 24.7. The van der Waals surface area contributed by atoms with Crippen LogP contribution in [-0.2, 0) is 16.8 Å². The Morgan fingerprint density at radius 3 is 2.56 bits per heavy atom. The summed E-state index contributed by atoms with van der Waals surface area (Å²) in [7, 11) is 0. The number of amides is 1. The molecule has 1 amide bonds. The van der Waals surface area contributed by atoms with Gasteiger partial charge in [-0.1, -0.05) is 56.8 Å². The number of carbonyl (C=O) groups excluding carboxylic acids is 1. The van der Waals surface area contributed by atoms with Crippen LogP contribution >= 0.6 is 11.8 Å². The van der Waals surface area contributed by atoms with Crippen LogP contribution in [0.2, 0.25) is 0 Å². The van der Waals surface area contributed by atoms with Gasteiger partial charge in [0.1, 0.15) is 0 Å². The Hall–Kier alpha value is -3.33. The lowest BCUT2D eigenvalue weighted by Gasteiger charge is -2.19. The number of hydrogen-bond donors (Lipinski definition) is 2. The highest BCUT2D eigenvalue weighted by Gasteiger charge is 2.17. The molecule has 2 aromatic carbocycles. The first-order valence-electron chi connectivity index (χ1n) is 11.2. The highest BCUT2D eigenvalue weighted by molar-refractivity contribution is 7.99. The Morgan fingerprint density at radius 1 is 1.18 bits per heavy atom. The second-order valence-corrected chi connectivity index (χ2v) is 9.56. The molecule has 180 valence electrons. The maximum Gasteiger partial charge on any atom is 0.250 e. The Labute approximate surface area is 204 Å². The van der Waals surface area contributed by atoms with Crippen LogP contribution in [0.3, 0.4) is 0 Å². The largest absolute Gasteiger partial charge is 0.504 e. The van der Waals surface area contributed by atoms with E-state index in [4.69, 9.17) is 4.74 Å². The van der Waals surface area contributed by atoms with E-state index in [1.165, 1.54) is 29.6 Å². The molecule has 0 saturated carbocycles. The number of carbonyl (C=O) groups is 1. The number of hydrazone groups is 1. The molecule has 1 heterocycles. The number of nitrogens with zero attached hydrogens (tertiary/aromatic N) is 4. The smallest absolute Gasteiger partial charge is 0.250 e. The molecule has 1 aromatic heterocycles. The maximum atomic E-state index is 12.3. The Bertz CT molecular complexity index is 1150. The predicted molar refractivity (Wildman–Crippen MR) is 136 cm³/mol. The number of phenolic OH excluding ortho intramolecular Hbond substituents is 1. The minimum absolute atomic E-state index is 0.0592. The van der Waals surface area contributed by atoms with Gasteiger partial charge in [-0.15, -0.1) is 10.2 Å². The molecule has 0 atom stereocenters. The van der Waals surface area contributed by atoms with Gasteiger partial charge in [-0.2, -0.15) is 5.10 Å². The Kier molecular flexibility index (Phi) is 8.33. The zero-order valence-corrected chi connectivity index (χ0v) is 21.0. The van der Waals surface area contributed by atoms with Crippen molar-refractivity contribution in [2.75, 3.05) is 12.4 Å². The van der Waals surface area contributed by atoms with Crippen molar-refractivity contribution in [3.8, 4) is 22.9 Å². The molecule has 3 rings (SSSR count). The van der Waals surface area contributed by atoms with Gasteiger partial charge in [-0.3, -0.25) is 4.79 Å². The number of aromatic nitrogens is 3. The van der Waals surface area contributed by atoms with Gasteiger partial charge in [0.15, 0.2) is 22.5 Å². The van der Waals surface area contributed by atoms with Crippen LogP contribution < -0.4 is 10.2 Å².